The molecule has 3 aromatic rings. The molecule has 2 heterocycles. The van der Waals surface area contributed by atoms with E-state index in [-0.39, 0.29) is 18.9 Å². The predicted octanol–water partition coefficient (Wildman–Crippen LogP) is 1.16. The fourth-order valence-electron chi connectivity index (χ4n) is 3.24. The number of hydrogen-bond acceptors (Lipinski definition) is 10. The zero-order valence-corrected chi connectivity index (χ0v) is 19.2. The van der Waals surface area contributed by atoms with E-state index >= 15 is 0 Å². The van der Waals surface area contributed by atoms with Gasteiger partial charge in [-0.2, -0.15) is 4.98 Å². The molecule has 0 bridgehead atoms. The second-order valence-electron chi connectivity index (χ2n) is 8.07. The molecule has 11 heteroatoms. The van der Waals surface area contributed by atoms with E-state index in [1.807, 2.05) is 47.0 Å². The van der Waals surface area contributed by atoms with Gasteiger partial charge in [-0.05, 0) is 50.1 Å². The highest BCUT2D eigenvalue weighted by Gasteiger charge is 2.19. The number of ether oxygens (including phenoxy) is 1. The van der Waals surface area contributed by atoms with Crippen LogP contribution < -0.4 is 15.4 Å². The van der Waals surface area contributed by atoms with Crippen LogP contribution in [0.25, 0.3) is 23.0 Å². The summed E-state index contributed by atoms with van der Waals surface area (Å²) >= 11 is 0. The average molecular weight is 457 g/mol. The van der Waals surface area contributed by atoms with Crippen molar-refractivity contribution < 1.29 is 24.3 Å². The Kier molecular flexibility index (Phi) is 7.24. The first-order valence-electron chi connectivity index (χ1n) is 10.3. The molecule has 4 N–H and O–H groups in total. The van der Waals surface area contributed by atoms with E-state index in [1.165, 1.54) is 0 Å². The summed E-state index contributed by atoms with van der Waals surface area (Å²) in [5.41, 5.74) is 8.65. The van der Waals surface area contributed by atoms with Crippen molar-refractivity contribution in [3.8, 4) is 28.7 Å². The van der Waals surface area contributed by atoms with Gasteiger partial charge >= 0.3 is 0 Å². The number of aliphatic hydroxyl groups excluding tert-OH is 2. The highest BCUT2D eigenvalue weighted by Crippen LogP contribution is 2.30. The summed E-state index contributed by atoms with van der Waals surface area (Å²) in [5.74, 6) is 0.918. The Morgan fingerprint density at radius 2 is 1.79 bits per heavy atom. The maximum atomic E-state index is 10.9. The number of aliphatic hydroxyl groups is 2. The van der Waals surface area contributed by atoms with Crippen molar-refractivity contribution >= 4 is 11.9 Å². The van der Waals surface area contributed by atoms with Crippen molar-refractivity contribution in [3.63, 3.8) is 0 Å². The van der Waals surface area contributed by atoms with Gasteiger partial charge in [-0.25, -0.2) is 9.97 Å². The average Bonchev–Trinajstić information content (AvgIpc) is 3.22. The highest BCUT2D eigenvalue weighted by molar-refractivity contribution is 5.78. The molecule has 0 fully saturated rings. The normalized spacial score (nSPS) is 12.9. The molecule has 176 valence electrons. The number of carbonyl (C=O) groups excluding carboxylic acids is 1. The molecule has 0 radical (unpaired) electrons. The molecule has 0 aliphatic carbocycles. The molecular formula is C22H28N6O5. The van der Waals surface area contributed by atoms with Gasteiger partial charge in [0.25, 0.3) is 5.89 Å². The molecule has 1 unspecified atom stereocenters. The lowest BCUT2D eigenvalue weighted by Gasteiger charge is -2.17. The zero-order chi connectivity index (χ0) is 24.3. The summed E-state index contributed by atoms with van der Waals surface area (Å²) in [4.78, 5) is 26.0. The van der Waals surface area contributed by atoms with E-state index in [2.05, 4.69) is 20.1 Å². The molecule has 1 amide bonds. The van der Waals surface area contributed by atoms with Crippen molar-refractivity contribution in [1.82, 2.24) is 20.1 Å². The SMILES string of the molecule is Cc1cc(-c2nc(-c3cc(C)c(OC[C@H](O)CC(O)C(N)=O)c(C)c3)no2)nc(N(C)C)n1. The molecule has 0 spiro atoms. The first-order valence-corrected chi connectivity index (χ1v) is 10.3. The summed E-state index contributed by atoms with van der Waals surface area (Å²) < 4.78 is 11.2. The maximum absolute atomic E-state index is 10.9. The van der Waals surface area contributed by atoms with Crippen LogP contribution in [0.4, 0.5) is 5.95 Å². The molecule has 2 aromatic heterocycles. The van der Waals surface area contributed by atoms with Crippen LogP contribution in [0.1, 0.15) is 23.2 Å². The Balaban J connectivity index is 1.78. The van der Waals surface area contributed by atoms with E-state index in [4.69, 9.17) is 15.0 Å². The lowest BCUT2D eigenvalue weighted by molar-refractivity contribution is -0.127. The third-order valence-corrected chi connectivity index (χ3v) is 4.85. The van der Waals surface area contributed by atoms with Crippen molar-refractivity contribution in [2.24, 2.45) is 5.73 Å². The number of aryl methyl sites for hydroxylation is 3. The van der Waals surface area contributed by atoms with Gasteiger partial charge in [0.05, 0.1) is 6.10 Å². The topological polar surface area (TPSA) is 161 Å². The molecule has 1 aromatic carbocycles. The lowest BCUT2D eigenvalue weighted by atomic mass is 10.1. The summed E-state index contributed by atoms with van der Waals surface area (Å²) in [5, 5.41) is 23.6. The Morgan fingerprint density at radius 1 is 1.12 bits per heavy atom. The fourth-order valence-corrected chi connectivity index (χ4v) is 3.24. The van der Waals surface area contributed by atoms with Gasteiger partial charge in [0, 0.05) is 31.8 Å². The van der Waals surface area contributed by atoms with Crippen molar-refractivity contribution in [3.05, 3.63) is 35.0 Å². The summed E-state index contributed by atoms with van der Waals surface area (Å²) in [6.07, 6.45) is -2.67. The summed E-state index contributed by atoms with van der Waals surface area (Å²) in [7, 11) is 3.71. The van der Waals surface area contributed by atoms with Gasteiger partial charge in [0.2, 0.25) is 17.7 Å². The Morgan fingerprint density at radius 3 is 2.39 bits per heavy atom. The number of hydrogen-bond donors (Lipinski definition) is 3. The molecule has 33 heavy (non-hydrogen) atoms. The Labute approximate surface area is 191 Å². The van der Waals surface area contributed by atoms with Crippen molar-refractivity contribution in [2.45, 2.75) is 39.4 Å². The van der Waals surface area contributed by atoms with E-state index in [1.54, 1.807) is 11.0 Å². The number of amides is 1. The van der Waals surface area contributed by atoms with Crippen LogP contribution in [0.3, 0.4) is 0 Å². The third kappa shape index (κ3) is 5.82. The molecular weight excluding hydrogens is 428 g/mol. The Hall–Kier alpha value is -3.57. The van der Waals surface area contributed by atoms with Crippen LogP contribution in [0, 0.1) is 20.8 Å². The van der Waals surface area contributed by atoms with Gasteiger partial charge in [0.15, 0.2) is 0 Å². The fraction of sp³-hybridized carbons (Fsp3) is 0.409. The van der Waals surface area contributed by atoms with Crippen LogP contribution in [-0.4, -0.2) is 69.1 Å². The minimum Gasteiger partial charge on any atom is -0.490 e. The zero-order valence-electron chi connectivity index (χ0n) is 19.2. The predicted molar refractivity (Wildman–Crippen MR) is 121 cm³/mol. The van der Waals surface area contributed by atoms with Gasteiger partial charge in [-0.1, -0.05) is 5.16 Å². The quantitative estimate of drug-likeness (QED) is 0.426. The summed E-state index contributed by atoms with van der Waals surface area (Å²) in [6, 6.07) is 5.47. The monoisotopic (exact) mass is 456 g/mol. The van der Waals surface area contributed by atoms with Crippen molar-refractivity contribution in [1.29, 1.82) is 0 Å². The first-order chi connectivity index (χ1) is 15.5. The molecule has 2 atom stereocenters. The van der Waals surface area contributed by atoms with Crippen molar-refractivity contribution in [2.75, 3.05) is 25.6 Å². The van der Waals surface area contributed by atoms with Crippen LogP contribution in [-0.2, 0) is 4.79 Å². The second kappa shape index (κ2) is 9.92. The van der Waals surface area contributed by atoms with E-state index in [9.17, 15) is 15.0 Å². The first kappa shape index (κ1) is 24.1. The number of rotatable bonds is 9. The standard InChI is InChI=1S/C22H28N6O5/c1-11-6-14(7-12(2)18(11)32-10-15(29)9-17(30)19(23)31)20-26-21(33-27-20)16-8-13(3)24-22(25-16)28(4)5/h6-8,15,17,29-30H,9-10H2,1-5H3,(H2,23,31)/t15-,17?/m1/s1. The molecule has 11 nitrogen and oxygen atoms in total. The largest absolute Gasteiger partial charge is 0.490 e. The van der Waals surface area contributed by atoms with Gasteiger partial charge < -0.3 is 30.1 Å². The van der Waals surface area contributed by atoms with Gasteiger partial charge in [-0.15, -0.1) is 0 Å². The number of nitrogens with two attached hydrogens (primary N) is 1. The molecule has 0 saturated heterocycles. The van der Waals surface area contributed by atoms with E-state index in [0.29, 0.717) is 23.2 Å². The number of anilines is 1. The number of primary amides is 1. The minimum absolute atomic E-state index is 0.0982. The van der Waals surface area contributed by atoms with Crippen LogP contribution in [0.15, 0.2) is 22.7 Å². The smallest absolute Gasteiger partial charge is 0.277 e. The highest BCUT2D eigenvalue weighted by atomic mass is 16.5. The maximum Gasteiger partial charge on any atom is 0.277 e. The second-order valence-corrected chi connectivity index (χ2v) is 8.07. The van der Waals surface area contributed by atoms with Gasteiger partial charge in [-0.3, -0.25) is 4.79 Å². The number of carbonyl (C=O) groups is 1. The number of aromatic nitrogens is 4. The molecule has 0 aliphatic rings. The van der Waals surface area contributed by atoms with Crippen LogP contribution >= 0.6 is 0 Å². The lowest BCUT2D eigenvalue weighted by Crippen LogP contribution is -2.33. The minimum atomic E-state index is -1.42. The Bertz CT molecular complexity index is 1120. The third-order valence-electron chi connectivity index (χ3n) is 4.85. The van der Waals surface area contributed by atoms with Crippen LogP contribution in [0.5, 0.6) is 5.75 Å². The van der Waals surface area contributed by atoms with E-state index in [0.717, 1.165) is 22.4 Å². The van der Waals surface area contributed by atoms with Gasteiger partial charge in [0.1, 0.15) is 24.2 Å². The van der Waals surface area contributed by atoms with Crippen LogP contribution in [0.2, 0.25) is 0 Å². The molecule has 0 saturated carbocycles. The molecule has 0 aliphatic heterocycles. The van der Waals surface area contributed by atoms with E-state index < -0.39 is 18.1 Å². The summed E-state index contributed by atoms with van der Waals surface area (Å²) in [6.45, 7) is 5.48. The number of benzene rings is 1. The number of nitrogens with zero attached hydrogens (tertiary/aromatic N) is 5. The molecule has 3 rings (SSSR count).